The summed E-state index contributed by atoms with van der Waals surface area (Å²) in [7, 11) is 1.33. The van der Waals surface area contributed by atoms with Crippen LogP contribution < -0.4 is 0 Å². The number of esters is 1. The van der Waals surface area contributed by atoms with Crippen LogP contribution >= 0.6 is 0 Å². The number of nitrogens with zero attached hydrogens (tertiary/aromatic N) is 2. The average molecular weight is 218 g/mol. The normalized spacial score (nSPS) is 14.1. The number of hydrogen-bond acceptors (Lipinski definition) is 3. The zero-order valence-electron chi connectivity index (χ0n) is 9.49. The van der Waals surface area contributed by atoms with Crippen molar-refractivity contribution in [1.29, 1.82) is 0 Å². The Kier molecular flexibility index (Phi) is 2.95. The summed E-state index contributed by atoms with van der Waals surface area (Å²) in [6.07, 6.45) is 4.24. The van der Waals surface area contributed by atoms with Crippen molar-refractivity contribution < 1.29 is 9.53 Å². The molecule has 4 heteroatoms. The standard InChI is InChI=1S/C12H14N2O2/c1-3-14-8-10(6-7-11(15)16-2)12(13-14)9-4-5-9/h8-9H,3-5H2,1-2H3. The van der Waals surface area contributed by atoms with E-state index < -0.39 is 5.97 Å². The van der Waals surface area contributed by atoms with E-state index in [1.165, 1.54) is 20.0 Å². The van der Waals surface area contributed by atoms with E-state index in [0.717, 1.165) is 17.8 Å². The second kappa shape index (κ2) is 4.40. The van der Waals surface area contributed by atoms with Crippen molar-refractivity contribution in [2.24, 2.45) is 0 Å². The minimum Gasteiger partial charge on any atom is -0.459 e. The average Bonchev–Trinajstić information content (AvgIpc) is 3.07. The molecule has 16 heavy (non-hydrogen) atoms. The van der Waals surface area contributed by atoms with E-state index in [2.05, 4.69) is 21.7 Å². The quantitative estimate of drug-likeness (QED) is 0.555. The van der Waals surface area contributed by atoms with Crippen molar-refractivity contribution in [3.63, 3.8) is 0 Å². The Morgan fingerprint density at radius 2 is 2.44 bits per heavy atom. The number of carbonyl (C=O) groups excluding carboxylic acids is 1. The van der Waals surface area contributed by atoms with Gasteiger partial charge in [-0.05, 0) is 19.8 Å². The monoisotopic (exact) mass is 218 g/mol. The molecule has 0 N–H and O–H groups in total. The summed E-state index contributed by atoms with van der Waals surface area (Å²) in [5.41, 5.74) is 1.88. The van der Waals surface area contributed by atoms with Crippen molar-refractivity contribution in [2.75, 3.05) is 7.11 Å². The summed E-state index contributed by atoms with van der Waals surface area (Å²) in [5, 5.41) is 4.46. The van der Waals surface area contributed by atoms with Crippen molar-refractivity contribution in [3.05, 3.63) is 17.5 Å². The smallest absolute Gasteiger partial charge is 0.384 e. The molecular formula is C12H14N2O2. The third kappa shape index (κ3) is 2.25. The molecule has 1 aliphatic rings. The van der Waals surface area contributed by atoms with Gasteiger partial charge in [-0.25, -0.2) is 4.79 Å². The molecule has 84 valence electrons. The van der Waals surface area contributed by atoms with Crippen molar-refractivity contribution >= 4 is 5.97 Å². The van der Waals surface area contributed by atoms with Crippen LogP contribution in [0.1, 0.15) is 36.9 Å². The van der Waals surface area contributed by atoms with Crippen molar-refractivity contribution in [2.45, 2.75) is 32.2 Å². The van der Waals surface area contributed by atoms with Gasteiger partial charge in [-0.1, -0.05) is 5.92 Å². The zero-order valence-corrected chi connectivity index (χ0v) is 9.49. The van der Waals surface area contributed by atoms with Crippen LogP contribution in [0.15, 0.2) is 6.20 Å². The number of aryl methyl sites for hydroxylation is 1. The minimum absolute atomic E-state index is 0.508. The van der Waals surface area contributed by atoms with E-state index in [1.54, 1.807) is 0 Å². The third-order valence-electron chi connectivity index (χ3n) is 2.56. The molecule has 0 amide bonds. The lowest BCUT2D eigenvalue weighted by Gasteiger charge is -1.91. The van der Waals surface area contributed by atoms with Gasteiger partial charge < -0.3 is 4.74 Å². The molecular weight excluding hydrogens is 204 g/mol. The first kappa shape index (κ1) is 10.7. The van der Waals surface area contributed by atoms with Crippen LogP contribution in [0.5, 0.6) is 0 Å². The largest absolute Gasteiger partial charge is 0.459 e. The first-order valence-corrected chi connectivity index (χ1v) is 5.42. The van der Waals surface area contributed by atoms with Crippen LogP contribution in [0.2, 0.25) is 0 Å². The predicted molar refractivity (Wildman–Crippen MR) is 58.8 cm³/mol. The first-order chi connectivity index (χ1) is 7.74. The highest BCUT2D eigenvalue weighted by Crippen LogP contribution is 2.40. The molecule has 0 radical (unpaired) electrons. The van der Waals surface area contributed by atoms with E-state index in [9.17, 15) is 4.79 Å². The summed E-state index contributed by atoms with van der Waals surface area (Å²) in [6, 6.07) is 0. The highest BCUT2D eigenvalue weighted by Gasteiger charge is 2.28. The molecule has 1 heterocycles. The van der Waals surface area contributed by atoms with Crippen LogP contribution in [0.3, 0.4) is 0 Å². The van der Waals surface area contributed by atoms with Gasteiger partial charge in [0.05, 0.1) is 18.4 Å². The number of methoxy groups -OCH3 is 1. The van der Waals surface area contributed by atoms with E-state index in [0.29, 0.717) is 5.92 Å². The molecule has 0 saturated heterocycles. The Morgan fingerprint density at radius 3 is 3.00 bits per heavy atom. The SMILES string of the molecule is CCn1cc(C#CC(=O)OC)c(C2CC2)n1. The van der Waals surface area contributed by atoms with Crippen LogP contribution in [-0.2, 0) is 16.1 Å². The first-order valence-electron chi connectivity index (χ1n) is 5.42. The van der Waals surface area contributed by atoms with Crippen molar-refractivity contribution in [3.8, 4) is 11.8 Å². The third-order valence-corrected chi connectivity index (χ3v) is 2.56. The molecule has 1 fully saturated rings. The topological polar surface area (TPSA) is 44.1 Å². The lowest BCUT2D eigenvalue weighted by molar-refractivity contribution is -0.133. The Labute approximate surface area is 94.6 Å². The molecule has 1 aromatic heterocycles. The summed E-state index contributed by atoms with van der Waals surface area (Å²) >= 11 is 0. The summed E-state index contributed by atoms with van der Waals surface area (Å²) in [4.78, 5) is 10.9. The van der Waals surface area contributed by atoms with Gasteiger partial charge in [-0.15, -0.1) is 0 Å². The molecule has 0 unspecified atom stereocenters. The molecule has 1 saturated carbocycles. The van der Waals surface area contributed by atoms with Gasteiger partial charge in [-0.2, -0.15) is 5.10 Å². The molecule has 4 nitrogen and oxygen atoms in total. The zero-order chi connectivity index (χ0) is 11.5. The Balaban J connectivity index is 2.26. The molecule has 0 atom stereocenters. The van der Waals surface area contributed by atoms with Gasteiger partial charge >= 0.3 is 5.97 Å². The van der Waals surface area contributed by atoms with Gasteiger partial charge in [0.15, 0.2) is 0 Å². The highest BCUT2D eigenvalue weighted by molar-refractivity contribution is 5.89. The Hall–Kier alpha value is -1.76. The maximum atomic E-state index is 10.9. The van der Waals surface area contributed by atoms with E-state index in [1.807, 2.05) is 17.8 Å². The molecule has 0 aromatic carbocycles. The summed E-state index contributed by atoms with van der Waals surface area (Å²) in [6.45, 7) is 2.85. The number of hydrogen-bond donors (Lipinski definition) is 0. The second-order valence-electron chi connectivity index (χ2n) is 3.80. The van der Waals surface area contributed by atoms with Crippen LogP contribution in [0.4, 0.5) is 0 Å². The molecule has 2 rings (SSSR count). The van der Waals surface area contributed by atoms with Crippen LogP contribution in [0, 0.1) is 11.8 Å². The fourth-order valence-corrected chi connectivity index (χ4v) is 1.52. The lowest BCUT2D eigenvalue weighted by Crippen LogP contribution is -1.95. The lowest BCUT2D eigenvalue weighted by atomic mass is 10.2. The fraction of sp³-hybridized carbons (Fsp3) is 0.500. The Morgan fingerprint density at radius 1 is 1.69 bits per heavy atom. The fourth-order valence-electron chi connectivity index (χ4n) is 1.52. The maximum Gasteiger partial charge on any atom is 0.384 e. The van der Waals surface area contributed by atoms with Gasteiger partial charge in [0, 0.05) is 24.6 Å². The number of aromatic nitrogens is 2. The van der Waals surface area contributed by atoms with E-state index >= 15 is 0 Å². The molecule has 1 aliphatic carbocycles. The van der Waals surface area contributed by atoms with E-state index in [-0.39, 0.29) is 0 Å². The number of rotatable bonds is 2. The van der Waals surface area contributed by atoms with Crippen LogP contribution in [0.25, 0.3) is 0 Å². The number of ether oxygens (including phenoxy) is 1. The number of carbonyl (C=O) groups is 1. The molecule has 0 spiro atoms. The predicted octanol–water partition coefficient (Wildman–Crippen LogP) is 1.30. The van der Waals surface area contributed by atoms with Gasteiger partial charge in [-0.3, -0.25) is 4.68 Å². The summed E-state index contributed by atoms with van der Waals surface area (Å²) < 4.78 is 6.34. The minimum atomic E-state index is -0.508. The van der Waals surface area contributed by atoms with Gasteiger partial charge in [0.2, 0.25) is 0 Å². The van der Waals surface area contributed by atoms with Crippen molar-refractivity contribution in [1.82, 2.24) is 9.78 Å². The maximum absolute atomic E-state index is 10.9. The highest BCUT2D eigenvalue weighted by atomic mass is 16.5. The second-order valence-corrected chi connectivity index (χ2v) is 3.80. The van der Waals surface area contributed by atoms with Gasteiger partial charge in [0.25, 0.3) is 0 Å². The molecule has 0 aliphatic heterocycles. The Bertz CT molecular complexity index is 461. The molecule has 0 bridgehead atoms. The summed E-state index contributed by atoms with van der Waals surface area (Å²) in [5.74, 6) is 5.31. The van der Waals surface area contributed by atoms with E-state index in [4.69, 9.17) is 0 Å². The van der Waals surface area contributed by atoms with Crippen LogP contribution in [-0.4, -0.2) is 22.9 Å². The molecule has 1 aromatic rings. The van der Waals surface area contributed by atoms with Gasteiger partial charge in [0.1, 0.15) is 0 Å².